The van der Waals surface area contributed by atoms with Crippen molar-refractivity contribution < 1.29 is 33.7 Å². The number of nitrogens with two attached hydrogens (primary N) is 1. The number of carbonyl (C=O) groups is 3. The number of nitrogens with zero attached hydrogens (tertiary/aromatic N) is 2. The van der Waals surface area contributed by atoms with Crippen LogP contribution in [-0.4, -0.2) is 47.9 Å². The van der Waals surface area contributed by atoms with Crippen molar-refractivity contribution in [2.45, 2.75) is 39.5 Å². The van der Waals surface area contributed by atoms with Crippen molar-refractivity contribution in [1.29, 1.82) is 5.26 Å². The van der Waals surface area contributed by atoms with Crippen LogP contribution >= 0.6 is 11.3 Å². The third-order valence-electron chi connectivity index (χ3n) is 5.91. The SMILES string of the molecule is CCOC(=O)C1=C(C)n2c(N)c(C#N)c(/C(C(=O)OC)=C(\C)O)c2[C@@H](C(=O)OCC)[C@@H]1c1cccs1. The fourth-order valence-corrected chi connectivity index (χ4v) is 5.44. The number of hydrogen-bond donors (Lipinski definition) is 2. The van der Waals surface area contributed by atoms with E-state index >= 15 is 0 Å². The molecule has 0 amide bonds. The molecule has 0 unspecified atom stereocenters. The van der Waals surface area contributed by atoms with E-state index in [2.05, 4.69) is 0 Å². The van der Waals surface area contributed by atoms with Crippen molar-refractivity contribution >= 4 is 46.3 Å². The van der Waals surface area contributed by atoms with Crippen LogP contribution in [0.2, 0.25) is 0 Å². The Hall–Kier alpha value is -4.04. The van der Waals surface area contributed by atoms with Gasteiger partial charge in [-0.25, -0.2) is 9.59 Å². The number of carbonyl (C=O) groups excluding carboxylic acids is 3. The van der Waals surface area contributed by atoms with E-state index in [1.807, 2.05) is 6.07 Å². The zero-order chi connectivity index (χ0) is 26.7. The average Bonchev–Trinajstić information content (AvgIpc) is 3.45. The largest absolute Gasteiger partial charge is 0.512 e. The zero-order valence-corrected chi connectivity index (χ0v) is 21.4. The lowest BCUT2D eigenvalue weighted by Crippen LogP contribution is -2.34. The normalized spacial score (nSPS) is 17.6. The van der Waals surface area contributed by atoms with Crippen LogP contribution < -0.4 is 5.73 Å². The van der Waals surface area contributed by atoms with Crippen molar-refractivity contribution in [3.8, 4) is 6.07 Å². The Morgan fingerprint density at radius 1 is 1.25 bits per heavy atom. The van der Waals surface area contributed by atoms with Gasteiger partial charge in [-0.1, -0.05) is 6.07 Å². The van der Waals surface area contributed by atoms with Gasteiger partial charge in [0, 0.05) is 27.7 Å². The second-order valence-corrected chi connectivity index (χ2v) is 8.84. The van der Waals surface area contributed by atoms with Crippen molar-refractivity contribution in [2.75, 3.05) is 26.1 Å². The topological polar surface area (TPSA) is 154 Å². The lowest BCUT2D eigenvalue weighted by atomic mass is 9.77. The Kier molecular flexibility index (Phi) is 7.90. The van der Waals surface area contributed by atoms with E-state index < -0.39 is 35.5 Å². The number of anilines is 1. The molecule has 190 valence electrons. The van der Waals surface area contributed by atoms with Crippen LogP contribution in [0.25, 0.3) is 11.3 Å². The predicted octanol–water partition coefficient (Wildman–Crippen LogP) is 3.70. The number of hydrogen-bond acceptors (Lipinski definition) is 10. The Labute approximate surface area is 212 Å². The Morgan fingerprint density at radius 2 is 1.92 bits per heavy atom. The standard InChI is InChI=1S/C25H27N3O7S/c1-6-34-24(31)16-12(3)28-21(20(25(32)35-7-2)19(16)15-9-8-10-36-15)18(14(11-26)22(28)27)17(13(4)29)23(30)33-5/h8-10,19-20,29H,6-7,27H2,1-5H3/b17-13-/t19-,20+/m1/s1. The predicted molar refractivity (Wildman–Crippen MR) is 133 cm³/mol. The number of aliphatic hydroxyl groups excluding tert-OH is 1. The van der Waals surface area contributed by atoms with Gasteiger partial charge in [-0.15, -0.1) is 11.3 Å². The van der Waals surface area contributed by atoms with Crippen LogP contribution in [0.5, 0.6) is 0 Å². The lowest BCUT2D eigenvalue weighted by Gasteiger charge is -2.34. The molecule has 3 heterocycles. The first kappa shape index (κ1) is 26.6. The van der Waals surface area contributed by atoms with Crippen molar-refractivity contribution in [3.63, 3.8) is 0 Å². The third kappa shape index (κ3) is 4.24. The molecular weight excluding hydrogens is 486 g/mol. The van der Waals surface area contributed by atoms with Gasteiger partial charge in [0.05, 0.1) is 25.9 Å². The zero-order valence-electron chi connectivity index (χ0n) is 20.6. The first-order valence-electron chi connectivity index (χ1n) is 11.2. The summed E-state index contributed by atoms with van der Waals surface area (Å²) in [5.41, 5.74) is 6.50. The molecule has 0 aromatic carbocycles. The van der Waals surface area contributed by atoms with E-state index in [4.69, 9.17) is 19.9 Å². The fraction of sp³-hybridized carbons (Fsp3) is 0.360. The molecule has 0 spiro atoms. The monoisotopic (exact) mass is 513 g/mol. The summed E-state index contributed by atoms with van der Waals surface area (Å²) < 4.78 is 17.0. The molecule has 0 saturated carbocycles. The molecule has 1 aliphatic heterocycles. The van der Waals surface area contributed by atoms with E-state index in [9.17, 15) is 24.8 Å². The second-order valence-electron chi connectivity index (χ2n) is 7.86. The average molecular weight is 514 g/mol. The molecule has 2 atom stereocenters. The quantitative estimate of drug-likeness (QED) is 0.244. The lowest BCUT2D eigenvalue weighted by molar-refractivity contribution is -0.146. The Balaban J connectivity index is 2.57. The number of methoxy groups -OCH3 is 1. The van der Waals surface area contributed by atoms with Gasteiger partial charge in [-0.3, -0.25) is 4.79 Å². The van der Waals surface area contributed by atoms with Gasteiger partial charge in [-0.05, 0) is 39.1 Å². The molecule has 3 rings (SSSR count). The molecule has 2 aromatic heterocycles. The molecule has 10 nitrogen and oxygen atoms in total. The summed E-state index contributed by atoms with van der Waals surface area (Å²) in [6.45, 7) is 6.32. The number of rotatable bonds is 7. The highest BCUT2D eigenvalue weighted by atomic mass is 32.1. The Bertz CT molecular complexity index is 1310. The number of ether oxygens (including phenoxy) is 3. The molecule has 1 aliphatic rings. The van der Waals surface area contributed by atoms with E-state index in [-0.39, 0.29) is 47.0 Å². The molecule has 0 saturated heterocycles. The maximum absolute atomic E-state index is 13.6. The maximum Gasteiger partial charge on any atom is 0.342 e. The molecule has 11 heteroatoms. The number of esters is 3. The number of thiophene rings is 1. The first-order valence-corrected chi connectivity index (χ1v) is 12.0. The van der Waals surface area contributed by atoms with Gasteiger partial charge in [0.1, 0.15) is 34.7 Å². The van der Waals surface area contributed by atoms with Gasteiger partial charge in [0.15, 0.2) is 0 Å². The van der Waals surface area contributed by atoms with E-state index in [0.717, 1.165) is 7.11 Å². The second kappa shape index (κ2) is 10.7. The number of allylic oxidation sites excluding steroid dienone is 2. The first-order chi connectivity index (χ1) is 17.2. The van der Waals surface area contributed by atoms with Gasteiger partial charge in [0.25, 0.3) is 0 Å². The van der Waals surface area contributed by atoms with Crippen LogP contribution in [0.15, 0.2) is 28.8 Å². The minimum atomic E-state index is -1.20. The van der Waals surface area contributed by atoms with Crippen LogP contribution in [0.3, 0.4) is 0 Å². The van der Waals surface area contributed by atoms with Crippen LogP contribution in [0.4, 0.5) is 5.82 Å². The molecular formula is C25H27N3O7S. The number of nitriles is 1. The molecule has 0 aliphatic carbocycles. The van der Waals surface area contributed by atoms with Gasteiger partial charge in [0.2, 0.25) is 0 Å². The smallest absolute Gasteiger partial charge is 0.342 e. The maximum atomic E-state index is 13.6. The molecule has 2 aromatic rings. The molecule has 0 bridgehead atoms. The Morgan fingerprint density at radius 3 is 2.42 bits per heavy atom. The summed E-state index contributed by atoms with van der Waals surface area (Å²) in [5, 5.41) is 22.3. The minimum Gasteiger partial charge on any atom is -0.512 e. The number of aromatic nitrogens is 1. The van der Waals surface area contributed by atoms with Crippen molar-refractivity contribution in [2.24, 2.45) is 0 Å². The molecule has 3 N–H and O–H groups in total. The third-order valence-corrected chi connectivity index (χ3v) is 6.86. The van der Waals surface area contributed by atoms with Gasteiger partial charge >= 0.3 is 17.9 Å². The number of aliphatic hydroxyl groups is 1. The minimum absolute atomic E-state index is 0.0410. The van der Waals surface area contributed by atoms with E-state index in [1.165, 1.54) is 22.8 Å². The molecule has 0 radical (unpaired) electrons. The van der Waals surface area contributed by atoms with Crippen molar-refractivity contribution in [3.05, 3.63) is 50.5 Å². The van der Waals surface area contributed by atoms with E-state index in [0.29, 0.717) is 10.6 Å². The van der Waals surface area contributed by atoms with Crippen LogP contribution in [-0.2, 0) is 28.6 Å². The van der Waals surface area contributed by atoms with Gasteiger partial charge < -0.3 is 29.6 Å². The highest BCUT2D eigenvalue weighted by Gasteiger charge is 2.48. The summed E-state index contributed by atoms with van der Waals surface area (Å²) in [6.07, 6.45) is 0. The molecule has 36 heavy (non-hydrogen) atoms. The highest BCUT2D eigenvalue weighted by molar-refractivity contribution is 7.10. The summed E-state index contributed by atoms with van der Waals surface area (Å²) in [5.74, 6) is -4.88. The highest BCUT2D eigenvalue weighted by Crippen LogP contribution is 2.52. The number of nitrogen functional groups attached to an aromatic ring is 1. The molecule has 0 fully saturated rings. The van der Waals surface area contributed by atoms with E-state index in [1.54, 1.807) is 38.3 Å². The summed E-state index contributed by atoms with van der Waals surface area (Å²) in [7, 11) is 1.13. The fourth-order valence-electron chi connectivity index (χ4n) is 4.57. The summed E-state index contributed by atoms with van der Waals surface area (Å²) in [4.78, 5) is 40.2. The van der Waals surface area contributed by atoms with Crippen LogP contribution in [0, 0.1) is 11.3 Å². The van der Waals surface area contributed by atoms with Gasteiger partial charge in [-0.2, -0.15) is 5.26 Å². The van der Waals surface area contributed by atoms with Crippen LogP contribution in [0.1, 0.15) is 61.2 Å². The van der Waals surface area contributed by atoms with Crippen molar-refractivity contribution in [1.82, 2.24) is 4.57 Å². The number of fused-ring (bicyclic) bond motifs is 1. The summed E-state index contributed by atoms with van der Waals surface area (Å²) >= 11 is 1.32. The summed E-state index contributed by atoms with van der Waals surface area (Å²) in [6, 6.07) is 5.53.